The van der Waals surface area contributed by atoms with Crippen molar-refractivity contribution in [1.29, 1.82) is 0 Å². The van der Waals surface area contributed by atoms with Crippen LogP contribution in [0.2, 0.25) is 0 Å². The second kappa shape index (κ2) is 5.49. The van der Waals surface area contributed by atoms with Crippen LogP contribution in [-0.4, -0.2) is 49.8 Å². The van der Waals surface area contributed by atoms with Crippen LogP contribution in [0.1, 0.15) is 11.8 Å². The number of aromatic nitrogens is 2. The lowest BCUT2D eigenvalue weighted by Gasteiger charge is -2.18. The van der Waals surface area contributed by atoms with Gasteiger partial charge in [0.2, 0.25) is 0 Å². The topological polar surface area (TPSA) is 134 Å². The molecule has 0 aromatic carbocycles. The number of nitrogens with two attached hydrogens (primary N) is 1. The van der Waals surface area contributed by atoms with Crippen molar-refractivity contribution in [1.82, 2.24) is 9.55 Å². The highest BCUT2D eigenvalue weighted by Gasteiger charge is 2.43. The standard InChI is InChI=1S/C10H15N3O5S/c11-1-4-2-13(10(17)12-8(4)19)9-7(16)6(15)5(3-14)18-9/h2,5-7,9,14-16H,1,3,11H2,(H,12,17,19)/t5-,6-,7-,9-/m1/s1. The van der Waals surface area contributed by atoms with E-state index in [1.807, 2.05) is 0 Å². The van der Waals surface area contributed by atoms with Crippen LogP contribution in [0.4, 0.5) is 0 Å². The highest BCUT2D eigenvalue weighted by molar-refractivity contribution is 7.71. The van der Waals surface area contributed by atoms with E-state index in [0.717, 1.165) is 4.57 Å². The first-order valence-corrected chi connectivity index (χ1v) is 6.07. The van der Waals surface area contributed by atoms with Crippen molar-refractivity contribution < 1.29 is 20.1 Å². The Labute approximate surface area is 113 Å². The molecule has 1 aromatic heterocycles. The zero-order valence-corrected chi connectivity index (χ0v) is 10.7. The van der Waals surface area contributed by atoms with Gasteiger partial charge in [0.25, 0.3) is 0 Å². The predicted octanol–water partition coefficient (Wildman–Crippen LogP) is -2.02. The molecule has 0 amide bonds. The molecule has 4 atom stereocenters. The first-order chi connectivity index (χ1) is 8.99. The maximum atomic E-state index is 11.8. The van der Waals surface area contributed by atoms with Crippen molar-refractivity contribution in [2.24, 2.45) is 5.73 Å². The minimum atomic E-state index is -1.33. The molecule has 0 spiro atoms. The summed E-state index contributed by atoms with van der Waals surface area (Å²) in [4.78, 5) is 14.2. The van der Waals surface area contributed by atoms with Gasteiger partial charge in [0, 0.05) is 18.3 Å². The van der Waals surface area contributed by atoms with Crippen molar-refractivity contribution in [2.75, 3.05) is 6.61 Å². The molecule has 1 aliphatic heterocycles. The van der Waals surface area contributed by atoms with Crippen LogP contribution in [0, 0.1) is 4.64 Å². The first-order valence-electron chi connectivity index (χ1n) is 5.66. The van der Waals surface area contributed by atoms with Crippen molar-refractivity contribution in [2.45, 2.75) is 31.1 Å². The van der Waals surface area contributed by atoms with Crippen LogP contribution in [0.3, 0.4) is 0 Å². The molecule has 106 valence electrons. The molecule has 1 aromatic rings. The van der Waals surface area contributed by atoms with Gasteiger partial charge in [-0.2, -0.15) is 0 Å². The van der Waals surface area contributed by atoms with Crippen molar-refractivity contribution in [3.05, 3.63) is 26.9 Å². The first kappa shape index (κ1) is 14.3. The minimum Gasteiger partial charge on any atom is -0.394 e. The monoisotopic (exact) mass is 289 g/mol. The number of nitrogens with zero attached hydrogens (tertiary/aromatic N) is 1. The Balaban J connectivity index is 2.43. The summed E-state index contributed by atoms with van der Waals surface area (Å²) >= 11 is 4.93. The molecule has 1 fully saturated rings. The highest BCUT2D eigenvalue weighted by atomic mass is 32.1. The Bertz CT molecular complexity index is 571. The molecule has 0 unspecified atom stereocenters. The van der Waals surface area contributed by atoms with Crippen LogP contribution in [0.25, 0.3) is 0 Å². The molecular weight excluding hydrogens is 274 g/mol. The number of hydrogen-bond acceptors (Lipinski definition) is 7. The Morgan fingerprint density at radius 3 is 2.68 bits per heavy atom. The lowest BCUT2D eigenvalue weighted by Crippen LogP contribution is -2.36. The van der Waals surface area contributed by atoms with Crippen molar-refractivity contribution in [3.8, 4) is 0 Å². The van der Waals surface area contributed by atoms with Gasteiger partial charge in [-0.25, -0.2) is 4.79 Å². The van der Waals surface area contributed by atoms with E-state index in [-0.39, 0.29) is 11.2 Å². The fraction of sp³-hybridized carbons (Fsp3) is 0.600. The Kier molecular flexibility index (Phi) is 4.13. The lowest BCUT2D eigenvalue weighted by atomic mass is 10.1. The molecule has 9 heteroatoms. The summed E-state index contributed by atoms with van der Waals surface area (Å²) in [6.45, 7) is -0.347. The van der Waals surface area contributed by atoms with E-state index in [9.17, 15) is 15.0 Å². The van der Waals surface area contributed by atoms with Gasteiger partial charge < -0.3 is 25.8 Å². The number of hydrogen-bond donors (Lipinski definition) is 5. The van der Waals surface area contributed by atoms with Crippen molar-refractivity contribution >= 4 is 12.2 Å². The molecule has 2 heterocycles. The summed E-state index contributed by atoms with van der Waals surface area (Å²) in [5.41, 5.74) is 5.41. The number of aliphatic hydroxyl groups excluding tert-OH is 3. The minimum absolute atomic E-state index is 0.115. The fourth-order valence-corrected chi connectivity index (χ4v) is 2.19. The number of H-pyrrole nitrogens is 1. The number of rotatable bonds is 3. The number of aliphatic hydroxyl groups is 3. The van der Waals surface area contributed by atoms with Gasteiger partial charge in [0.1, 0.15) is 23.0 Å². The third kappa shape index (κ3) is 2.48. The predicted molar refractivity (Wildman–Crippen MR) is 66.8 cm³/mol. The molecule has 2 rings (SSSR count). The average molecular weight is 289 g/mol. The van der Waals surface area contributed by atoms with Crippen LogP contribution in [0.5, 0.6) is 0 Å². The third-order valence-electron chi connectivity index (χ3n) is 3.05. The van der Waals surface area contributed by atoms with Gasteiger partial charge >= 0.3 is 5.69 Å². The summed E-state index contributed by atoms with van der Waals surface area (Å²) in [5, 5.41) is 28.5. The molecule has 0 bridgehead atoms. The molecule has 0 aliphatic carbocycles. The Hall–Kier alpha value is -1.10. The molecule has 0 radical (unpaired) electrons. The van der Waals surface area contributed by atoms with E-state index in [1.54, 1.807) is 0 Å². The summed E-state index contributed by atoms with van der Waals surface area (Å²) in [6, 6.07) is 0. The molecule has 1 saturated heterocycles. The Morgan fingerprint density at radius 1 is 1.47 bits per heavy atom. The lowest BCUT2D eigenvalue weighted by molar-refractivity contribution is -0.0551. The van der Waals surface area contributed by atoms with Gasteiger partial charge in [-0.15, -0.1) is 0 Å². The van der Waals surface area contributed by atoms with Gasteiger partial charge in [-0.1, -0.05) is 12.2 Å². The smallest absolute Gasteiger partial charge is 0.328 e. The van der Waals surface area contributed by atoms with E-state index in [2.05, 4.69) is 4.98 Å². The quantitative estimate of drug-likeness (QED) is 0.405. The fourth-order valence-electron chi connectivity index (χ4n) is 1.97. The largest absolute Gasteiger partial charge is 0.394 e. The van der Waals surface area contributed by atoms with Crippen LogP contribution in [-0.2, 0) is 11.3 Å². The van der Waals surface area contributed by atoms with E-state index in [1.165, 1.54) is 6.20 Å². The number of nitrogens with one attached hydrogen (secondary N) is 1. The molecule has 8 nitrogen and oxygen atoms in total. The highest BCUT2D eigenvalue weighted by Crippen LogP contribution is 2.28. The second-order valence-corrected chi connectivity index (χ2v) is 4.66. The summed E-state index contributed by atoms with van der Waals surface area (Å²) < 4.78 is 6.55. The zero-order chi connectivity index (χ0) is 14.2. The second-order valence-electron chi connectivity index (χ2n) is 4.25. The summed E-state index contributed by atoms with van der Waals surface area (Å²) in [7, 11) is 0. The zero-order valence-electron chi connectivity index (χ0n) is 9.89. The summed E-state index contributed by atoms with van der Waals surface area (Å²) in [5.74, 6) is 0. The average Bonchev–Trinajstić information content (AvgIpc) is 2.67. The van der Waals surface area contributed by atoms with Gasteiger partial charge in [0.15, 0.2) is 6.23 Å². The van der Waals surface area contributed by atoms with Crippen LogP contribution < -0.4 is 11.4 Å². The van der Waals surface area contributed by atoms with Gasteiger partial charge in [-0.3, -0.25) is 9.55 Å². The van der Waals surface area contributed by atoms with Crippen molar-refractivity contribution in [3.63, 3.8) is 0 Å². The van der Waals surface area contributed by atoms with E-state index < -0.39 is 36.8 Å². The van der Waals surface area contributed by atoms with Crippen LogP contribution >= 0.6 is 12.2 Å². The van der Waals surface area contributed by atoms with E-state index >= 15 is 0 Å². The van der Waals surface area contributed by atoms with E-state index in [0.29, 0.717) is 5.56 Å². The summed E-state index contributed by atoms with van der Waals surface area (Å²) in [6.07, 6.45) is -3.27. The maximum absolute atomic E-state index is 11.8. The number of ether oxygens (including phenoxy) is 1. The molecule has 0 saturated carbocycles. The maximum Gasteiger partial charge on any atom is 0.328 e. The molecule has 19 heavy (non-hydrogen) atoms. The van der Waals surface area contributed by atoms with Gasteiger partial charge in [-0.05, 0) is 0 Å². The molecule has 6 N–H and O–H groups in total. The van der Waals surface area contributed by atoms with Crippen LogP contribution in [0.15, 0.2) is 11.0 Å². The SMILES string of the molecule is NCc1cn([C@@H]2O[C@H](CO)[C@@H](O)[C@H]2O)c(=O)[nH]c1=S. The molecular formula is C10H15N3O5S. The third-order valence-corrected chi connectivity index (χ3v) is 3.42. The molecule has 1 aliphatic rings. The Morgan fingerprint density at radius 2 is 2.16 bits per heavy atom. The normalized spacial score (nSPS) is 30.7. The number of aromatic amines is 1. The van der Waals surface area contributed by atoms with E-state index in [4.69, 9.17) is 27.8 Å². The van der Waals surface area contributed by atoms with Gasteiger partial charge in [0.05, 0.1) is 6.61 Å².